The van der Waals surface area contributed by atoms with Crippen molar-refractivity contribution in [3.63, 3.8) is 0 Å². The molecule has 4 rings (SSSR count). The Bertz CT molecular complexity index is 977. The zero-order valence-electron chi connectivity index (χ0n) is 23.8. The number of carbonyl (C=O) groups is 3. The van der Waals surface area contributed by atoms with Gasteiger partial charge in [0.2, 0.25) is 0 Å². The van der Waals surface area contributed by atoms with Crippen LogP contribution in [0.5, 0.6) is 0 Å². The number of Topliss-reactive ketones (excluding diaryl/α,β-unsaturated/α-hetero) is 2. The Balaban J connectivity index is 1.61. The van der Waals surface area contributed by atoms with Gasteiger partial charge in [-0.25, -0.2) is 0 Å². The fraction of sp³-hybridized carbons (Fsp3) is 0.839. The third kappa shape index (κ3) is 3.85. The zero-order chi connectivity index (χ0) is 26.8. The molecule has 0 aromatic heterocycles. The molecule has 0 aliphatic heterocycles. The Morgan fingerprint density at radius 2 is 1.69 bits per heavy atom. The number of fused-ring (bicyclic) bond motifs is 4. The molecule has 0 bridgehead atoms. The number of esters is 1. The van der Waals surface area contributed by atoms with Gasteiger partial charge in [0, 0.05) is 30.3 Å². The number of methoxy groups -OCH3 is 1. The van der Waals surface area contributed by atoms with Gasteiger partial charge in [-0.15, -0.1) is 0 Å². The van der Waals surface area contributed by atoms with Crippen LogP contribution in [-0.2, 0) is 19.1 Å². The van der Waals surface area contributed by atoms with Crippen LogP contribution in [0, 0.1) is 45.3 Å². The van der Waals surface area contributed by atoms with Crippen molar-refractivity contribution in [2.45, 2.75) is 112 Å². The van der Waals surface area contributed by atoms with Crippen LogP contribution in [0.15, 0.2) is 11.1 Å². The van der Waals surface area contributed by atoms with Crippen molar-refractivity contribution in [1.82, 2.24) is 0 Å². The smallest absolute Gasteiger partial charge is 0.308 e. The molecule has 0 aromatic carbocycles. The van der Waals surface area contributed by atoms with E-state index in [1.54, 1.807) is 6.92 Å². The van der Waals surface area contributed by atoms with E-state index in [9.17, 15) is 19.5 Å². The molecule has 0 radical (unpaired) electrons. The van der Waals surface area contributed by atoms with E-state index in [4.69, 9.17) is 4.74 Å². The molecule has 4 aliphatic carbocycles. The van der Waals surface area contributed by atoms with E-state index in [2.05, 4.69) is 41.5 Å². The van der Waals surface area contributed by atoms with Gasteiger partial charge in [-0.1, -0.05) is 54.0 Å². The number of aliphatic hydroxyl groups excluding tert-OH is 1. The van der Waals surface area contributed by atoms with Crippen LogP contribution in [0.2, 0.25) is 0 Å². The number of allylic oxidation sites excluding steroid dienone is 2. The molecule has 0 aromatic rings. The van der Waals surface area contributed by atoms with Crippen LogP contribution in [0.1, 0.15) is 106 Å². The van der Waals surface area contributed by atoms with Crippen LogP contribution in [0.25, 0.3) is 0 Å². The molecule has 36 heavy (non-hydrogen) atoms. The molecule has 1 N–H and O–H groups in total. The Labute approximate surface area is 217 Å². The number of hydrogen-bond donors (Lipinski definition) is 1. The number of aliphatic hydroxyl groups is 1. The van der Waals surface area contributed by atoms with Gasteiger partial charge >= 0.3 is 5.97 Å². The monoisotopic (exact) mass is 500 g/mol. The molecule has 5 heteroatoms. The molecule has 5 nitrogen and oxygen atoms in total. The average molecular weight is 501 g/mol. The second kappa shape index (κ2) is 9.06. The molecular weight excluding hydrogens is 452 g/mol. The van der Waals surface area contributed by atoms with Crippen LogP contribution in [0.4, 0.5) is 0 Å². The number of ketones is 2. The van der Waals surface area contributed by atoms with Crippen LogP contribution in [-0.4, -0.2) is 35.9 Å². The van der Waals surface area contributed by atoms with Gasteiger partial charge in [-0.3, -0.25) is 14.4 Å². The molecule has 0 spiro atoms. The maximum absolute atomic E-state index is 13.9. The molecule has 202 valence electrons. The summed E-state index contributed by atoms with van der Waals surface area (Å²) in [5, 5.41) is 10.8. The maximum atomic E-state index is 13.9. The van der Waals surface area contributed by atoms with Crippen LogP contribution < -0.4 is 0 Å². The zero-order valence-corrected chi connectivity index (χ0v) is 23.8. The fourth-order valence-electron chi connectivity index (χ4n) is 9.52. The maximum Gasteiger partial charge on any atom is 0.308 e. The first-order valence-electron chi connectivity index (χ1n) is 14.2. The molecule has 1 unspecified atom stereocenters. The lowest BCUT2D eigenvalue weighted by atomic mass is 9.43. The van der Waals surface area contributed by atoms with Crippen molar-refractivity contribution in [3.05, 3.63) is 11.1 Å². The quantitative estimate of drug-likeness (QED) is 0.448. The largest absolute Gasteiger partial charge is 0.469 e. The highest BCUT2D eigenvalue weighted by molar-refractivity contribution is 5.99. The molecular formula is C31H48O5. The van der Waals surface area contributed by atoms with Gasteiger partial charge in [0.25, 0.3) is 0 Å². The lowest BCUT2D eigenvalue weighted by molar-refractivity contribution is -0.146. The standard InChI is InChI=1S/C31H48O5/c1-18(15-20(32)16-19(2)27(35)36-8)21-9-14-31(7)26-22(10-13-30(21,31)6)29(5)12-11-25(34)28(3,4)24(29)17-23(26)33/h18-19,21,24-25,34H,9-17H2,1-8H3/t18-,19?,21-,24+,25-,29-,30-,31+/m1/s1. The van der Waals surface area contributed by atoms with Gasteiger partial charge in [0.1, 0.15) is 5.78 Å². The Hall–Kier alpha value is -1.49. The Morgan fingerprint density at radius 3 is 2.33 bits per heavy atom. The van der Waals surface area contributed by atoms with Gasteiger partial charge in [-0.05, 0) is 72.5 Å². The lowest BCUT2D eigenvalue weighted by Gasteiger charge is -2.61. The fourth-order valence-corrected chi connectivity index (χ4v) is 9.52. The molecule has 2 saturated carbocycles. The van der Waals surface area contributed by atoms with E-state index in [0.29, 0.717) is 24.5 Å². The molecule has 0 amide bonds. The summed E-state index contributed by atoms with van der Waals surface area (Å²) < 4.78 is 4.80. The van der Waals surface area contributed by atoms with Crippen molar-refractivity contribution in [3.8, 4) is 0 Å². The van der Waals surface area contributed by atoms with Gasteiger partial charge in [-0.2, -0.15) is 0 Å². The number of carbonyl (C=O) groups excluding carboxylic acids is 3. The highest BCUT2D eigenvalue weighted by atomic mass is 16.5. The average Bonchev–Trinajstić information content (AvgIpc) is 3.08. The van der Waals surface area contributed by atoms with Crippen LogP contribution in [0.3, 0.4) is 0 Å². The van der Waals surface area contributed by atoms with E-state index >= 15 is 0 Å². The SMILES string of the molecule is COC(=O)C(C)CC(=O)C[C@@H](C)[C@H]1CC[C@@]2(C)C3=C(CC[C@]12C)[C@@]1(C)CC[C@@H](O)C(C)(C)[C@@H]1CC3=O. The molecule has 0 saturated heterocycles. The van der Waals surface area contributed by atoms with E-state index in [-0.39, 0.29) is 57.8 Å². The second-order valence-corrected chi connectivity index (χ2v) is 14.1. The van der Waals surface area contributed by atoms with Crippen LogP contribution >= 0.6 is 0 Å². The van der Waals surface area contributed by atoms with Gasteiger partial charge in [0.05, 0.1) is 19.1 Å². The molecule has 2 fully saturated rings. The summed E-state index contributed by atoms with van der Waals surface area (Å²) >= 11 is 0. The van der Waals surface area contributed by atoms with Gasteiger partial charge in [0.15, 0.2) is 5.78 Å². The minimum atomic E-state index is -0.409. The number of ether oxygens (including phenoxy) is 1. The second-order valence-electron chi connectivity index (χ2n) is 14.1. The first-order chi connectivity index (χ1) is 16.6. The minimum Gasteiger partial charge on any atom is -0.469 e. The molecule has 0 heterocycles. The normalized spacial score (nSPS) is 41.1. The van der Waals surface area contributed by atoms with Crippen molar-refractivity contribution < 1.29 is 24.2 Å². The summed E-state index contributed by atoms with van der Waals surface area (Å²) in [4.78, 5) is 38.6. The van der Waals surface area contributed by atoms with Crippen molar-refractivity contribution in [1.29, 1.82) is 0 Å². The van der Waals surface area contributed by atoms with E-state index < -0.39 is 5.92 Å². The van der Waals surface area contributed by atoms with Crippen molar-refractivity contribution >= 4 is 17.5 Å². The van der Waals surface area contributed by atoms with E-state index in [0.717, 1.165) is 44.1 Å². The van der Waals surface area contributed by atoms with Crippen molar-refractivity contribution in [2.24, 2.45) is 45.3 Å². The third-order valence-electron chi connectivity index (χ3n) is 12.0. The third-order valence-corrected chi connectivity index (χ3v) is 12.0. The Morgan fingerprint density at radius 1 is 1.03 bits per heavy atom. The Kier molecular flexibility index (Phi) is 6.93. The molecule has 8 atom stereocenters. The highest BCUT2D eigenvalue weighted by Crippen LogP contribution is 2.71. The highest BCUT2D eigenvalue weighted by Gasteiger charge is 2.65. The predicted molar refractivity (Wildman–Crippen MR) is 140 cm³/mol. The van der Waals surface area contributed by atoms with Gasteiger partial charge < -0.3 is 9.84 Å². The first kappa shape index (κ1) is 27.5. The summed E-state index contributed by atoms with van der Waals surface area (Å²) in [6.45, 7) is 15.3. The number of hydrogen-bond acceptors (Lipinski definition) is 5. The summed E-state index contributed by atoms with van der Waals surface area (Å²) in [6, 6.07) is 0. The summed E-state index contributed by atoms with van der Waals surface area (Å²) in [5.41, 5.74) is 2.01. The minimum absolute atomic E-state index is 0.0257. The summed E-state index contributed by atoms with van der Waals surface area (Å²) in [7, 11) is 1.36. The predicted octanol–water partition coefficient (Wildman–Crippen LogP) is 6.07. The topological polar surface area (TPSA) is 80.7 Å². The summed E-state index contributed by atoms with van der Waals surface area (Å²) in [6.07, 6.45) is 6.65. The first-order valence-corrected chi connectivity index (χ1v) is 14.2. The van der Waals surface area contributed by atoms with Crippen molar-refractivity contribution in [2.75, 3.05) is 7.11 Å². The lowest BCUT2D eigenvalue weighted by Crippen LogP contribution is -2.57. The van der Waals surface area contributed by atoms with E-state index in [1.807, 2.05) is 0 Å². The van der Waals surface area contributed by atoms with E-state index in [1.165, 1.54) is 12.7 Å². The molecule has 4 aliphatic rings. The number of rotatable bonds is 6. The summed E-state index contributed by atoms with van der Waals surface area (Å²) in [5.74, 6) is 0.453.